The molecule has 4 N–H and O–H groups in total. The molecular weight excluding hydrogens is 184 g/mol. The van der Waals surface area contributed by atoms with E-state index in [0.717, 1.165) is 10.1 Å². The van der Waals surface area contributed by atoms with E-state index in [1.54, 1.807) is 27.7 Å². The van der Waals surface area contributed by atoms with Crippen LogP contribution in [-0.4, -0.2) is 44.0 Å². The fourth-order valence-corrected chi connectivity index (χ4v) is 1.89. The lowest BCUT2D eigenvalue weighted by Crippen LogP contribution is -2.49. The highest BCUT2D eigenvalue weighted by molar-refractivity contribution is 5.67. The highest BCUT2D eigenvalue weighted by atomic mass is 16.6. The van der Waals surface area contributed by atoms with Gasteiger partial charge < -0.3 is 16.3 Å². The Morgan fingerprint density at radius 2 is 1.79 bits per heavy atom. The number of rotatable bonds is 1. The molecule has 1 saturated heterocycles. The first-order valence-electron chi connectivity index (χ1n) is 4.47. The van der Waals surface area contributed by atoms with Crippen LogP contribution in [0.15, 0.2) is 5.10 Å². The molecule has 0 aromatic heterocycles. The molecule has 0 bridgehead atoms. The van der Waals surface area contributed by atoms with Crippen LogP contribution in [0.2, 0.25) is 0 Å². The van der Waals surface area contributed by atoms with Crippen molar-refractivity contribution in [2.24, 2.45) is 10.9 Å². The number of nitrogens with zero attached hydrogens (tertiary/aromatic N) is 3. The zero-order valence-corrected chi connectivity index (χ0v) is 8.97. The maximum absolute atomic E-state index is 9.88. The number of hydrazone groups is 1. The molecule has 1 heterocycles. The summed E-state index contributed by atoms with van der Waals surface area (Å²) in [5.74, 6) is 5.06. The van der Waals surface area contributed by atoms with Crippen molar-refractivity contribution in [1.29, 1.82) is 0 Å². The van der Waals surface area contributed by atoms with Crippen LogP contribution in [0.1, 0.15) is 27.7 Å². The van der Waals surface area contributed by atoms with E-state index in [0.29, 0.717) is 0 Å². The predicted octanol–water partition coefficient (Wildman–Crippen LogP) is 0.210. The van der Waals surface area contributed by atoms with Gasteiger partial charge in [0.05, 0.1) is 11.6 Å². The molecule has 6 heteroatoms. The first-order valence-corrected chi connectivity index (χ1v) is 4.47. The molecule has 82 valence electrons. The van der Waals surface area contributed by atoms with Crippen molar-refractivity contribution in [3.8, 4) is 0 Å². The minimum Gasteiger partial charge on any atom is -0.324 e. The van der Waals surface area contributed by atoms with Gasteiger partial charge in [0.15, 0.2) is 0 Å². The SMILES string of the molecule is CC1(C)C(/C=N/N)N(O)C(C)(C)N1O. The van der Waals surface area contributed by atoms with Crippen molar-refractivity contribution in [1.82, 2.24) is 10.1 Å². The monoisotopic (exact) mass is 202 g/mol. The summed E-state index contributed by atoms with van der Waals surface area (Å²) in [7, 11) is 0. The molecule has 0 aromatic rings. The molecule has 0 spiro atoms. The van der Waals surface area contributed by atoms with Gasteiger partial charge in [-0.1, -0.05) is 0 Å². The van der Waals surface area contributed by atoms with Crippen LogP contribution in [0.25, 0.3) is 0 Å². The Labute approximate surface area is 83.5 Å². The first-order chi connectivity index (χ1) is 6.26. The van der Waals surface area contributed by atoms with E-state index in [-0.39, 0.29) is 0 Å². The summed E-state index contributed by atoms with van der Waals surface area (Å²) in [4.78, 5) is 0. The van der Waals surface area contributed by atoms with E-state index in [1.807, 2.05) is 0 Å². The molecule has 0 aliphatic carbocycles. The summed E-state index contributed by atoms with van der Waals surface area (Å²) in [5.41, 5.74) is -1.49. The van der Waals surface area contributed by atoms with Crippen molar-refractivity contribution < 1.29 is 10.4 Å². The Bertz CT molecular complexity index is 252. The van der Waals surface area contributed by atoms with E-state index in [1.165, 1.54) is 6.21 Å². The molecule has 1 aliphatic rings. The lowest BCUT2D eigenvalue weighted by atomic mass is 9.97. The van der Waals surface area contributed by atoms with Gasteiger partial charge in [0.25, 0.3) is 0 Å². The molecule has 1 rings (SSSR count). The summed E-state index contributed by atoms with van der Waals surface area (Å²) in [6.45, 7) is 7.02. The van der Waals surface area contributed by atoms with Crippen LogP contribution >= 0.6 is 0 Å². The van der Waals surface area contributed by atoms with E-state index in [2.05, 4.69) is 5.10 Å². The van der Waals surface area contributed by atoms with E-state index < -0.39 is 17.2 Å². The standard InChI is InChI=1S/C8H18N4O2/c1-7(2)6(5-10-9)11(13)8(3,4)12(7)14/h5-6,13-14H,9H2,1-4H3/b10-5+. The third-order valence-electron chi connectivity index (χ3n) is 2.84. The van der Waals surface area contributed by atoms with Crippen molar-refractivity contribution in [2.75, 3.05) is 0 Å². The molecule has 1 fully saturated rings. The van der Waals surface area contributed by atoms with Gasteiger partial charge in [-0.25, -0.2) is 0 Å². The molecule has 0 radical (unpaired) electrons. The molecule has 1 aliphatic heterocycles. The summed E-state index contributed by atoms with van der Waals surface area (Å²) < 4.78 is 0. The van der Waals surface area contributed by atoms with Gasteiger partial charge in [0.1, 0.15) is 5.66 Å². The summed E-state index contributed by atoms with van der Waals surface area (Å²) in [5, 5.41) is 25.3. The molecule has 0 amide bonds. The smallest absolute Gasteiger partial charge is 0.116 e. The molecule has 6 nitrogen and oxygen atoms in total. The van der Waals surface area contributed by atoms with Gasteiger partial charge >= 0.3 is 0 Å². The minimum absolute atomic E-state index is 0.438. The molecule has 0 saturated carbocycles. The Morgan fingerprint density at radius 3 is 2.07 bits per heavy atom. The van der Waals surface area contributed by atoms with Gasteiger partial charge in [-0.2, -0.15) is 15.2 Å². The second-order valence-electron chi connectivity index (χ2n) is 4.55. The van der Waals surface area contributed by atoms with Crippen molar-refractivity contribution in [3.63, 3.8) is 0 Å². The molecule has 14 heavy (non-hydrogen) atoms. The lowest BCUT2D eigenvalue weighted by molar-refractivity contribution is -0.258. The maximum atomic E-state index is 9.88. The van der Waals surface area contributed by atoms with Crippen molar-refractivity contribution >= 4 is 6.21 Å². The Morgan fingerprint density at radius 1 is 1.29 bits per heavy atom. The van der Waals surface area contributed by atoms with Crippen molar-refractivity contribution in [2.45, 2.75) is 44.9 Å². The third-order valence-corrected chi connectivity index (χ3v) is 2.84. The second kappa shape index (κ2) is 3.16. The van der Waals surface area contributed by atoms with Gasteiger partial charge in [0, 0.05) is 6.21 Å². The Balaban J connectivity index is 3.10. The summed E-state index contributed by atoms with van der Waals surface area (Å²) >= 11 is 0. The van der Waals surface area contributed by atoms with Crippen molar-refractivity contribution in [3.05, 3.63) is 0 Å². The van der Waals surface area contributed by atoms with E-state index in [4.69, 9.17) is 5.84 Å². The zero-order valence-electron chi connectivity index (χ0n) is 8.97. The molecule has 0 aromatic carbocycles. The topological polar surface area (TPSA) is 85.3 Å². The second-order valence-corrected chi connectivity index (χ2v) is 4.55. The van der Waals surface area contributed by atoms with Crippen LogP contribution in [0.3, 0.4) is 0 Å². The van der Waals surface area contributed by atoms with Crippen LogP contribution in [0.5, 0.6) is 0 Å². The van der Waals surface area contributed by atoms with Gasteiger partial charge in [0.2, 0.25) is 0 Å². The highest BCUT2D eigenvalue weighted by Crippen LogP contribution is 2.38. The van der Waals surface area contributed by atoms with E-state index >= 15 is 0 Å². The third kappa shape index (κ3) is 1.31. The minimum atomic E-state index is -0.852. The largest absolute Gasteiger partial charge is 0.324 e. The van der Waals surface area contributed by atoms with Crippen LogP contribution in [0.4, 0.5) is 0 Å². The summed E-state index contributed by atoms with van der Waals surface area (Å²) in [6, 6.07) is -0.438. The molecule has 1 unspecified atom stereocenters. The van der Waals surface area contributed by atoms with E-state index in [9.17, 15) is 10.4 Å². The quantitative estimate of drug-likeness (QED) is 0.321. The summed E-state index contributed by atoms with van der Waals surface area (Å²) in [6.07, 6.45) is 1.41. The van der Waals surface area contributed by atoms with Gasteiger partial charge in [-0.05, 0) is 27.7 Å². The maximum Gasteiger partial charge on any atom is 0.116 e. The van der Waals surface area contributed by atoms with Crippen LogP contribution in [-0.2, 0) is 0 Å². The fourth-order valence-electron chi connectivity index (χ4n) is 1.89. The Kier molecular flexibility index (Phi) is 2.57. The van der Waals surface area contributed by atoms with Crippen LogP contribution in [0, 0.1) is 0 Å². The molecule has 1 atom stereocenters. The number of hydrogen-bond donors (Lipinski definition) is 3. The first kappa shape index (κ1) is 11.4. The van der Waals surface area contributed by atoms with Crippen LogP contribution < -0.4 is 5.84 Å². The van der Waals surface area contributed by atoms with Gasteiger partial charge in [-0.3, -0.25) is 0 Å². The predicted molar refractivity (Wildman–Crippen MR) is 51.9 cm³/mol. The molecular formula is C8H18N4O2. The fraction of sp³-hybridized carbons (Fsp3) is 0.875. The normalized spacial score (nSPS) is 32.9. The average Bonchev–Trinajstić information content (AvgIpc) is 2.19. The number of nitrogens with two attached hydrogens (primary N) is 1. The van der Waals surface area contributed by atoms with Gasteiger partial charge in [-0.15, -0.1) is 0 Å². The zero-order chi connectivity index (χ0) is 11.1. The lowest BCUT2D eigenvalue weighted by Gasteiger charge is -2.33. The number of hydrogen-bond acceptors (Lipinski definition) is 6. The average molecular weight is 202 g/mol. The number of hydroxylamine groups is 4. The Hall–Kier alpha value is -0.690. The highest BCUT2D eigenvalue weighted by Gasteiger charge is 2.56.